The Morgan fingerprint density at radius 2 is 1.97 bits per heavy atom. The molecule has 1 heterocycles. The van der Waals surface area contributed by atoms with Crippen LogP contribution in [0.2, 0.25) is 0 Å². The first kappa shape index (κ1) is 25.2. The van der Waals surface area contributed by atoms with E-state index in [1.165, 1.54) is 30.0 Å². The van der Waals surface area contributed by atoms with E-state index in [-0.39, 0.29) is 24.0 Å². The van der Waals surface area contributed by atoms with Crippen molar-refractivity contribution in [3.8, 4) is 5.75 Å². The Balaban J connectivity index is 1.63. The van der Waals surface area contributed by atoms with Crippen LogP contribution in [0.3, 0.4) is 0 Å². The van der Waals surface area contributed by atoms with E-state index in [1.54, 1.807) is 6.92 Å². The van der Waals surface area contributed by atoms with Gasteiger partial charge < -0.3 is 14.6 Å². The van der Waals surface area contributed by atoms with E-state index in [0.29, 0.717) is 34.7 Å². The van der Waals surface area contributed by atoms with Crippen molar-refractivity contribution in [3.05, 3.63) is 69.0 Å². The minimum Gasteiger partial charge on any atom is -0.485 e. The number of carbonyl (C=O) groups excluding carboxylic acids is 1. The van der Waals surface area contributed by atoms with Crippen LogP contribution in [0.4, 0.5) is 11.4 Å². The number of ether oxygens (including phenoxy) is 1. The number of nitro benzene ring substituents is 1. The fraction of sp³-hybridized carbons (Fsp3) is 0.375. The standard InChI is InChI=1S/C24H29N5O4S/c1-6-28-22(13-33-21-11-16(4)7-9-19(21)15(2)3)26-27-24(28)34-14-23(30)25-20-10-8-18(29(31)32)12-17(20)5/h7-12,15H,6,13-14H2,1-5H3,(H,25,30). The molecule has 0 bridgehead atoms. The van der Waals surface area contributed by atoms with Gasteiger partial charge in [0.15, 0.2) is 11.0 Å². The van der Waals surface area contributed by atoms with Gasteiger partial charge in [0, 0.05) is 24.4 Å². The summed E-state index contributed by atoms with van der Waals surface area (Å²) in [5.74, 6) is 1.76. The van der Waals surface area contributed by atoms with Crippen molar-refractivity contribution in [1.82, 2.24) is 14.8 Å². The molecule has 180 valence electrons. The Bertz CT molecular complexity index is 1190. The molecule has 0 saturated carbocycles. The topological polar surface area (TPSA) is 112 Å². The number of hydrogen-bond donors (Lipinski definition) is 1. The average Bonchev–Trinajstić information content (AvgIpc) is 3.19. The lowest BCUT2D eigenvalue weighted by atomic mass is 10.0. The van der Waals surface area contributed by atoms with Crippen molar-refractivity contribution in [3.63, 3.8) is 0 Å². The molecule has 0 fully saturated rings. The first-order chi connectivity index (χ1) is 16.2. The van der Waals surface area contributed by atoms with Gasteiger partial charge in [0.05, 0.1) is 10.7 Å². The summed E-state index contributed by atoms with van der Waals surface area (Å²) < 4.78 is 8.04. The van der Waals surface area contributed by atoms with Gasteiger partial charge in [-0.2, -0.15) is 0 Å². The van der Waals surface area contributed by atoms with Gasteiger partial charge in [0.25, 0.3) is 5.69 Å². The number of carbonyl (C=O) groups is 1. The molecule has 1 N–H and O–H groups in total. The zero-order valence-electron chi connectivity index (χ0n) is 20.0. The molecule has 34 heavy (non-hydrogen) atoms. The van der Waals surface area contributed by atoms with Gasteiger partial charge in [0.2, 0.25) is 5.91 Å². The van der Waals surface area contributed by atoms with E-state index in [9.17, 15) is 14.9 Å². The predicted molar refractivity (Wildman–Crippen MR) is 132 cm³/mol. The van der Waals surface area contributed by atoms with Crippen LogP contribution in [0.1, 0.15) is 49.2 Å². The van der Waals surface area contributed by atoms with Crippen LogP contribution in [0.5, 0.6) is 5.75 Å². The summed E-state index contributed by atoms with van der Waals surface area (Å²) >= 11 is 1.28. The molecule has 0 unspecified atom stereocenters. The van der Waals surface area contributed by atoms with Crippen molar-refractivity contribution in [2.75, 3.05) is 11.1 Å². The second-order valence-electron chi connectivity index (χ2n) is 8.22. The highest BCUT2D eigenvalue weighted by Crippen LogP contribution is 2.28. The Kier molecular flexibility index (Phi) is 8.27. The van der Waals surface area contributed by atoms with Gasteiger partial charge in [-0.15, -0.1) is 10.2 Å². The molecule has 1 aromatic heterocycles. The third-order valence-corrected chi connectivity index (χ3v) is 6.25. The lowest BCUT2D eigenvalue weighted by Crippen LogP contribution is -2.15. The number of amides is 1. The summed E-state index contributed by atoms with van der Waals surface area (Å²) in [4.78, 5) is 22.9. The van der Waals surface area contributed by atoms with Gasteiger partial charge >= 0.3 is 0 Å². The second-order valence-corrected chi connectivity index (χ2v) is 9.16. The largest absolute Gasteiger partial charge is 0.485 e. The Morgan fingerprint density at radius 1 is 1.21 bits per heavy atom. The number of nitro groups is 1. The van der Waals surface area contributed by atoms with Crippen molar-refractivity contribution < 1.29 is 14.5 Å². The summed E-state index contributed by atoms with van der Waals surface area (Å²) in [6.45, 7) is 10.9. The molecule has 9 nitrogen and oxygen atoms in total. The van der Waals surface area contributed by atoms with E-state index in [0.717, 1.165) is 16.9 Å². The highest BCUT2D eigenvalue weighted by molar-refractivity contribution is 7.99. The summed E-state index contributed by atoms with van der Waals surface area (Å²) in [7, 11) is 0. The quantitative estimate of drug-likeness (QED) is 0.238. The maximum absolute atomic E-state index is 12.5. The van der Waals surface area contributed by atoms with Crippen LogP contribution in [0, 0.1) is 24.0 Å². The minimum atomic E-state index is -0.462. The first-order valence-corrected chi connectivity index (χ1v) is 12.0. The molecule has 0 spiro atoms. The molecule has 0 aliphatic carbocycles. The third kappa shape index (κ3) is 6.13. The van der Waals surface area contributed by atoms with Gasteiger partial charge in [-0.3, -0.25) is 14.9 Å². The number of rotatable bonds is 10. The molecule has 0 aliphatic heterocycles. The highest BCUT2D eigenvalue weighted by atomic mass is 32.2. The molecular weight excluding hydrogens is 454 g/mol. The van der Waals surface area contributed by atoms with E-state index in [4.69, 9.17) is 4.74 Å². The van der Waals surface area contributed by atoms with Crippen LogP contribution in [0.15, 0.2) is 41.6 Å². The van der Waals surface area contributed by atoms with Gasteiger partial charge in [-0.1, -0.05) is 37.7 Å². The maximum Gasteiger partial charge on any atom is 0.269 e. The van der Waals surface area contributed by atoms with Crippen LogP contribution in [0.25, 0.3) is 0 Å². The fourth-order valence-electron chi connectivity index (χ4n) is 3.45. The highest BCUT2D eigenvalue weighted by Gasteiger charge is 2.16. The van der Waals surface area contributed by atoms with Crippen molar-refractivity contribution in [2.45, 2.75) is 58.8 Å². The number of thioether (sulfide) groups is 1. The van der Waals surface area contributed by atoms with E-state index in [1.807, 2.05) is 24.5 Å². The van der Waals surface area contributed by atoms with Crippen molar-refractivity contribution in [1.29, 1.82) is 0 Å². The van der Waals surface area contributed by atoms with Gasteiger partial charge in [0.1, 0.15) is 12.4 Å². The number of non-ortho nitro benzene ring substituents is 1. The average molecular weight is 484 g/mol. The molecule has 10 heteroatoms. The smallest absolute Gasteiger partial charge is 0.269 e. The maximum atomic E-state index is 12.5. The first-order valence-electron chi connectivity index (χ1n) is 11.0. The SMILES string of the molecule is CCn1c(COc2cc(C)ccc2C(C)C)nnc1SCC(=O)Nc1ccc([N+](=O)[O-])cc1C. The van der Waals surface area contributed by atoms with Crippen molar-refractivity contribution in [2.24, 2.45) is 0 Å². The van der Waals surface area contributed by atoms with E-state index < -0.39 is 4.92 Å². The molecule has 3 aromatic rings. The van der Waals surface area contributed by atoms with Crippen LogP contribution in [-0.2, 0) is 17.9 Å². The Labute approximate surface area is 203 Å². The van der Waals surface area contributed by atoms with Crippen molar-refractivity contribution >= 4 is 29.0 Å². The lowest BCUT2D eigenvalue weighted by Gasteiger charge is -2.15. The zero-order valence-corrected chi connectivity index (χ0v) is 20.8. The summed E-state index contributed by atoms with van der Waals surface area (Å²) in [6.07, 6.45) is 0. The normalized spacial score (nSPS) is 11.0. The molecule has 0 aliphatic rings. The van der Waals surface area contributed by atoms with Crippen LogP contribution < -0.4 is 10.1 Å². The number of nitrogens with one attached hydrogen (secondary N) is 1. The number of nitrogens with zero attached hydrogens (tertiary/aromatic N) is 4. The zero-order chi connectivity index (χ0) is 24.8. The molecular formula is C24H29N5O4S. The number of aryl methyl sites for hydroxylation is 2. The summed E-state index contributed by atoms with van der Waals surface area (Å²) in [5, 5.41) is 22.8. The fourth-order valence-corrected chi connectivity index (χ4v) is 4.28. The minimum absolute atomic E-state index is 0.0122. The molecule has 1 amide bonds. The molecule has 0 atom stereocenters. The number of benzene rings is 2. The third-order valence-electron chi connectivity index (χ3n) is 5.28. The summed E-state index contributed by atoms with van der Waals surface area (Å²) in [6, 6.07) is 10.5. The molecule has 2 aromatic carbocycles. The van der Waals surface area contributed by atoms with Gasteiger partial charge in [-0.25, -0.2) is 0 Å². The van der Waals surface area contributed by atoms with Crippen LogP contribution in [-0.4, -0.2) is 31.3 Å². The molecule has 0 saturated heterocycles. The van der Waals surface area contributed by atoms with E-state index in [2.05, 4.69) is 41.5 Å². The molecule has 3 rings (SSSR count). The number of anilines is 1. The number of hydrogen-bond acceptors (Lipinski definition) is 7. The summed E-state index contributed by atoms with van der Waals surface area (Å²) in [5.41, 5.74) is 3.42. The predicted octanol–water partition coefficient (Wildman–Crippen LogP) is 5.26. The van der Waals surface area contributed by atoms with E-state index >= 15 is 0 Å². The Hall–Kier alpha value is -3.40. The number of aromatic nitrogens is 3. The second kappa shape index (κ2) is 11.1. The van der Waals surface area contributed by atoms with Gasteiger partial charge in [-0.05, 0) is 55.5 Å². The van der Waals surface area contributed by atoms with Crippen LogP contribution >= 0.6 is 11.8 Å². The Morgan fingerprint density at radius 3 is 2.62 bits per heavy atom. The molecule has 0 radical (unpaired) electrons. The monoisotopic (exact) mass is 483 g/mol. The lowest BCUT2D eigenvalue weighted by molar-refractivity contribution is -0.384.